The monoisotopic (exact) mass is 277 g/mol. The van der Waals surface area contributed by atoms with E-state index in [0.29, 0.717) is 26.1 Å². The zero-order valence-corrected chi connectivity index (χ0v) is 11.5. The molecule has 1 fully saturated rings. The van der Waals surface area contributed by atoms with Gasteiger partial charge in [0.25, 0.3) is 0 Å². The maximum absolute atomic E-state index is 11.6. The number of nitrogens with two attached hydrogens (primary N) is 1. The molecule has 1 aromatic rings. The molecule has 1 aliphatic heterocycles. The molecule has 0 aromatic heterocycles. The van der Waals surface area contributed by atoms with Crippen LogP contribution in [0.3, 0.4) is 0 Å². The predicted octanol–water partition coefficient (Wildman–Crippen LogP) is 0.808. The molecule has 2 rings (SSSR count). The van der Waals surface area contributed by atoms with E-state index in [1.807, 2.05) is 24.3 Å². The number of hydrogen-bond donors (Lipinski definition) is 1. The van der Waals surface area contributed by atoms with Gasteiger partial charge in [0.05, 0.1) is 6.61 Å². The van der Waals surface area contributed by atoms with Crippen molar-refractivity contribution in [3.8, 4) is 5.75 Å². The zero-order valence-electron chi connectivity index (χ0n) is 11.5. The number of rotatable bonds is 6. The molecule has 1 aliphatic rings. The number of benzene rings is 1. The van der Waals surface area contributed by atoms with Crippen molar-refractivity contribution in [2.24, 2.45) is 5.73 Å². The Kier molecular flexibility index (Phi) is 4.57. The summed E-state index contributed by atoms with van der Waals surface area (Å²) in [5, 5.41) is 0. The van der Waals surface area contributed by atoms with Crippen LogP contribution in [-0.4, -0.2) is 48.5 Å². The second-order valence-corrected chi connectivity index (χ2v) is 4.73. The normalized spacial score (nSPS) is 15.1. The average molecular weight is 277 g/mol. The second-order valence-electron chi connectivity index (χ2n) is 4.73. The highest BCUT2D eigenvalue weighted by Gasteiger charge is 2.32. The minimum Gasteiger partial charge on any atom is -0.494 e. The smallest absolute Gasteiger partial charge is 0.326 e. The first-order valence-electron chi connectivity index (χ1n) is 6.59. The lowest BCUT2D eigenvalue weighted by Crippen LogP contribution is -2.33. The SMILES string of the molecule is CN1CC(=O)N(CCCOc2ccc(CN)cc2)C1=O. The van der Waals surface area contributed by atoms with E-state index in [4.69, 9.17) is 10.5 Å². The molecule has 0 bridgehead atoms. The summed E-state index contributed by atoms with van der Waals surface area (Å²) in [5.41, 5.74) is 6.56. The van der Waals surface area contributed by atoms with Gasteiger partial charge in [-0.25, -0.2) is 4.79 Å². The number of amides is 3. The summed E-state index contributed by atoms with van der Waals surface area (Å²) in [7, 11) is 1.62. The highest BCUT2D eigenvalue weighted by Crippen LogP contribution is 2.13. The summed E-state index contributed by atoms with van der Waals surface area (Å²) in [4.78, 5) is 25.8. The lowest BCUT2D eigenvalue weighted by Gasteiger charge is -2.14. The van der Waals surface area contributed by atoms with Crippen molar-refractivity contribution in [1.82, 2.24) is 9.80 Å². The van der Waals surface area contributed by atoms with Gasteiger partial charge in [0.2, 0.25) is 5.91 Å². The van der Waals surface area contributed by atoms with Gasteiger partial charge >= 0.3 is 6.03 Å². The van der Waals surface area contributed by atoms with Gasteiger partial charge in [-0.2, -0.15) is 0 Å². The summed E-state index contributed by atoms with van der Waals surface area (Å²) in [5.74, 6) is 0.614. The molecule has 0 unspecified atom stereocenters. The summed E-state index contributed by atoms with van der Waals surface area (Å²) < 4.78 is 5.56. The number of ether oxygens (including phenoxy) is 1. The molecule has 0 atom stereocenters. The summed E-state index contributed by atoms with van der Waals surface area (Å²) in [6, 6.07) is 7.32. The van der Waals surface area contributed by atoms with Crippen LogP contribution in [0, 0.1) is 0 Å². The highest BCUT2D eigenvalue weighted by molar-refractivity contribution is 6.01. The van der Waals surface area contributed by atoms with Crippen LogP contribution in [0.1, 0.15) is 12.0 Å². The molecule has 20 heavy (non-hydrogen) atoms. The van der Waals surface area contributed by atoms with Gasteiger partial charge in [-0.05, 0) is 24.1 Å². The van der Waals surface area contributed by atoms with Gasteiger partial charge in [0.15, 0.2) is 0 Å². The van der Waals surface area contributed by atoms with Crippen LogP contribution in [0.2, 0.25) is 0 Å². The summed E-state index contributed by atoms with van der Waals surface area (Å²) in [6.45, 7) is 1.53. The van der Waals surface area contributed by atoms with Crippen LogP contribution in [-0.2, 0) is 11.3 Å². The Morgan fingerprint density at radius 1 is 1.25 bits per heavy atom. The average Bonchev–Trinajstić information content (AvgIpc) is 2.70. The van der Waals surface area contributed by atoms with E-state index in [1.54, 1.807) is 7.05 Å². The summed E-state index contributed by atoms with van der Waals surface area (Å²) >= 11 is 0. The van der Waals surface area contributed by atoms with E-state index < -0.39 is 0 Å². The lowest BCUT2D eigenvalue weighted by molar-refractivity contribution is -0.125. The third kappa shape index (κ3) is 3.27. The number of hydrogen-bond acceptors (Lipinski definition) is 4. The van der Waals surface area contributed by atoms with E-state index in [2.05, 4.69) is 0 Å². The highest BCUT2D eigenvalue weighted by atomic mass is 16.5. The molecule has 1 aromatic carbocycles. The van der Waals surface area contributed by atoms with Crippen molar-refractivity contribution in [1.29, 1.82) is 0 Å². The van der Waals surface area contributed by atoms with Gasteiger partial charge in [-0.3, -0.25) is 9.69 Å². The third-order valence-electron chi connectivity index (χ3n) is 3.18. The van der Waals surface area contributed by atoms with E-state index in [0.717, 1.165) is 11.3 Å². The van der Waals surface area contributed by atoms with Gasteiger partial charge in [0.1, 0.15) is 12.3 Å². The maximum atomic E-state index is 11.6. The molecular weight excluding hydrogens is 258 g/mol. The van der Waals surface area contributed by atoms with Gasteiger partial charge in [0, 0.05) is 20.1 Å². The van der Waals surface area contributed by atoms with Gasteiger partial charge in [-0.1, -0.05) is 12.1 Å². The van der Waals surface area contributed by atoms with Crippen LogP contribution < -0.4 is 10.5 Å². The first-order chi connectivity index (χ1) is 9.61. The standard InChI is InChI=1S/C14H19N3O3/c1-16-10-13(18)17(14(16)19)7-2-8-20-12-5-3-11(9-15)4-6-12/h3-6H,2,7-10,15H2,1H3. The fraction of sp³-hybridized carbons (Fsp3) is 0.429. The van der Waals surface area contributed by atoms with E-state index in [1.165, 1.54) is 9.80 Å². The molecule has 2 N–H and O–H groups in total. The third-order valence-corrected chi connectivity index (χ3v) is 3.18. The number of likely N-dealkylation sites (N-methyl/N-ethyl adjacent to an activating group) is 1. The minimum absolute atomic E-state index is 0.148. The van der Waals surface area contributed by atoms with Crippen molar-refractivity contribution in [3.63, 3.8) is 0 Å². The minimum atomic E-state index is -0.234. The van der Waals surface area contributed by atoms with Crippen LogP contribution >= 0.6 is 0 Å². The summed E-state index contributed by atoms with van der Waals surface area (Å²) in [6.07, 6.45) is 0.615. The molecule has 1 saturated heterocycles. The van der Waals surface area contributed by atoms with E-state index in [9.17, 15) is 9.59 Å². The molecule has 1 heterocycles. The Bertz CT molecular complexity index is 487. The molecule has 6 heteroatoms. The van der Waals surface area contributed by atoms with Crippen LogP contribution in [0.5, 0.6) is 5.75 Å². The number of imide groups is 1. The molecular formula is C14H19N3O3. The second kappa shape index (κ2) is 6.38. The Labute approximate surface area is 118 Å². The van der Waals surface area contributed by atoms with Crippen LogP contribution in [0.4, 0.5) is 4.79 Å². The topological polar surface area (TPSA) is 75.9 Å². The van der Waals surface area contributed by atoms with Crippen molar-refractivity contribution in [2.45, 2.75) is 13.0 Å². The molecule has 0 aliphatic carbocycles. The van der Waals surface area contributed by atoms with Crippen LogP contribution in [0.15, 0.2) is 24.3 Å². The number of urea groups is 1. The molecule has 0 radical (unpaired) electrons. The fourth-order valence-electron chi connectivity index (χ4n) is 2.02. The molecule has 3 amide bonds. The van der Waals surface area contributed by atoms with Crippen molar-refractivity contribution < 1.29 is 14.3 Å². The molecule has 0 saturated carbocycles. The van der Waals surface area contributed by atoms with Crippen molar-refractivity contribution in [3.05, 3.63) is 29.8 Å². The van der Waals surface area contributed by atoms with E-state index in [-0.39, 0.29) is 18.5 Å². The van der Waals surface area contributed by atoms with Gasteiger partial charge < -0.3 is 15.4 Å². The lowest BCUT2D eigenvalue weighted by atomic mass is 10.2. The number of carbonyl (C=O) groups excluding carboxylic acids is 2. The van der Waals surface area contributed by atoms with Crippen molar-refractivity contribution in [2.75, 3.05) is 26.7 Å². The first-order valence-corrected chi connectivity index (χ1v) is 6.59. The zero-order chi connectivity index (χ0) is 14.5. The maximum Gasteiger partial charge on any atom is 0.326 e. The molecule has 6 nitrogen and oxygen atoms in total. The number of carbonyl (C=O) groups is 2. The largest absolute Gasteiger partial charge is 0.494 e. The Hall–Kier alpha value is -2.08. The van der Waals surface area contributed by atoms with E-state index >= 15 is 0 Å². The van der Waals surface area contributed by atoms with Gasteiger partial charge in [-0.15, -0.1) is 0 Å². The Morgan fingerprint density at radius 3 is 2.50 bits per heavy atom. The molecule has 0 spiro atoms. The van der Waals surface area contributed by atoms with Crippen molar-refractivity contribution >= 4 is 11.9 Å². The quantitative estimate of drug-likeness (QED) is 0.616. The predicted molar refractivity (Wildman–Crippen MR) is 74.2 cm³/mol. The van der Waals surface area contributed by atoms with Crippen LogP contribution in [0.25, 0.3) is 0 Å². The fourth-order valence-corrected chi connectivity index (χ4v) is 2.02. The first kappa shape index (κ1) is 14.3. The Morgan fingerprint density at radius 2 is 1.95 bits per heavy atom. The molecule has 108 valence electrons. The number of nitrogens with zero attached hydrogens (tertiary/aromatic N) is 2. The Balaban J connectivity index is 1.73.